The Hall–Kier alpha value is -2.44. The number of carbonyl (C=O) groups excluding carboxylic acids is 2. The molecule has 0 heterocycles. The van der Waals surface area contributed by atoms with Crippen LogP contribution in [0.25, 0.3) is 0 Å². The van der Waals surface area contributed by atoms with E-state index >= 15 is 0 Å². The number of carbonyl (C=O) groups is 2. The van der Waals surface area contributed by atoms with Gasteiger partial charge in [0.25, 0.3) is 0 Å². The molecule has 0 aliphatic carbocycles. The molecule has 134 valence electrons. The lowest BCUT2D eigenvalue weighted by molar-refractivity contribution is -0.124. The van der Waals surface area contributed by atoms with E-state index in [9.17, 15) is 9.59 Å². The summed E-state index contributed by atoms with van der Waals surface area (Å²) in [6.07, 6.45) is 1.39. The van der Waals surface area contributed by atoms with Crippen molar-refractivity contribution in [2.45, 2.75) is 32.7 Å². The number of amides is 3. The highest BCUT2D eigenvalue weighted by Crippen LogP contribution is 2.27. The highest BCUT2D eigenvalue weighted by Gasteiger charge is 2.24. The Balaban J connectivity index is 2.61. The number of hydrogen-bond donors (Lipinski definition) is 3. The number of primary amides is 1. The third-order valence-corrected chi connectivity index (χ3v) is 3.95. The predicted molar refractivity (Wildman–Crippen MR) is 92.2 cm³/mol. The largest absolute Gasteiger partial charge is 0.493 e. The summed E-state index contributed by atoms with van der Waals surface area (Å²) in [4.78, 5) is 23.3. The molecule has 24 heavy (non-hydrogen) atoms. The third-order valence-electron chi connectivity index (χ3n) is 3.95. The Morgan fingerprint density at radius 3 is 2.42 bits per heavy atom. The maximum absolute atomic E-state index is 12.3. The lowest BCUT2D eigenvalue weighted by Crippen LogP contribution is -2.52. The van der Waals surface area contributed by atoms with Crippen LogP contribution in [0.1, 0.15) is 25.8 Å². The maximum atomic E-state index is 12.3. The summed E-state index contributed by atoms with van der Waals surface area (Å²) in [7, 11) is 3.16. The van der Waals surface area contributed by atoms with Crippen LogP contribution in [0.4, 0.5) is 4.79 Å². The molecule has 1 aromatic carbocycles. The van der Waals surface area contributed by atoms with E-state index < -0.39 is 12.1 Å². The number of methoxy groups -OCH3 is 2. The summed E-state index contributed by atoms with van der Waals surface area (Å²) in [5.74, 6) is 1.07. The standard InChI is InChI=1S/C17H27N3O4/c1-5-11(2)15(20-17(18)22)16(21)19-9-8-12-6-7-13(23-3)14(10-12)24-4/h6-7,10-11,15H,5,8-9H2,1-4H3,(H,19,21)(H3,18,20,22)/t11-,15+/m0/s1. The number of hydrogen-bond acceptors (Lipinski definition) is 4. The fourth-order valence-corrected chi connectivity index (χ4v) is 2.33. The second kappa shape index (κ2) is 9.64. The van der Waals surface area contributed by atoms with Crippen LogP contribution in [0.15, 0.2) is 18.2 Å². The second-order valence-corrected chi connectivity index (χ2v) is 5.60. The fraction of sp³-hybridized carbons (Fsp3) is 0.529. The zero-order valence-electron chi connectivity index (χ0n) is 14.7. The Morgan fingerprint density at radius 1 is 1.21 bits per heavy atom. The van der Waals surface area contributed by atoms with E-state index in [-0.39, 0.29) is 11.8 Å². The Kier molecular flexibility index (Phi) is 7.88. The van der Waals surface area contributed by atoms with Gasteiger partial charge >= 0.3 is 6.03 Å². The molecular formula is C17H27N3O4. The molecule has 0 aromatic heterocycles. The van der Waals surface area contributed by atoms with Crippen LogP contribution in [0, 0.1) is 5.92 Å². The van der Waals surface area contributed by atoms with Crippen molar-refractivity contribution in [3.63, 3.8) is 0 Å². The zero-order valence-corrected chi connectivity index (χ0v) is 14.7. The number of ether oxygens (including phenoxy) is 2. The first-order chi connectivity index (χ1) is 11.4. The maximum Gasteiger partial charge on any atom is 0.312 e. The monoisotopic (exact) mass is 337 g/mol. The van der Waals surface area contributed by atoms with Crippen molar-refractivity contribution in [1.29, 1.82) is 0 Å². The molecule has 0 saturated heterocycles. The lowest BCUT2D eigenvalue weighted by atomic mass is 9.98. The van der Waals surface area contributed by atoms with Gasteiger partial charge in [0.2, 0.25) is 5.91 Å². The van der Waals surface area contributed by atoms with E-state index in [1.165, 1.54) is 0 Å². The summed E-state index contributed by atoms with van der Waals surface area (Å²) in [5, 5.41) is 5.34. The summed E-state index contributed by atoms with van der Waals surface area (Å²) >= 11 is 0. The van der Waals surface area contributed by atoms with Crippen LogP contribution >= 0.6 is 0 Å². The van der Waals surface area contributed by atoms with Crippen molar-refractivity contribution in [3.05, 3.63) is 23.8 Å². The molecule has 4 N–H and O–H groups in total. The quantitative estimate of drug-likeness (QED) is 0.634. The fourth-order valence-electron chi connectivity index (χ4n) is 2.33. The van der Waals surface area contributed by atoms with Gasteiger partial charge in [0.15, 0.2) is 11.5 Å². The molecule has 1 aromatic rings. The normalized spacial score (nSPS) is 12.8. The average Bonchev–Trinajstić information content (AvgIpc) is 2.58. The molecule has 0 bridgehead atoms. The number of rotatable bonds is 9. The number of nitrogens with one attached hydrogen (secondary N) is 2. The molecule has 0 unspecified atom stereocenters. The van der Waals surface area contributed by atoms with E-state index in [1.807, 2.05) is 32.0 Å². The van der Waals surface area contributed by atoms with Crippen molar-refractivity contribution in [2.24, 2.45) is 11.7 Å². The van der Waals surface area contributed by atoms with Crippen molar-refractivity contribution in [2.75, 3.05) is 20.8 Å². The molecule has 1 rings (SSSR count). The molecule has 0 spiro atoms. The molecule has 7 heteroatoms. The molecular weight excluding hydrogens is 310 g/mol. The highest BCUT2D eigenvalue weighted by atomic mass is 16.5. The SMILES string of the molecule is CC[C@H](C)[C@@H](NC(N)=O)C(=O)NCCc1ccc(OC)c(OC)c1. The van der Waals surface area contributed by atoms with E-state index in [2.05, 4.69) is 10.6 Å². The molecule has 0 saturated carbocycles. The van der Waals surface area contributed by atoms with Crippen LogP contribution in [-0.4, -0.2) is 38.7 Å². The summed E-state index contributed by atoms with van der Waals surface area (Å²) in [5.41, 5.74) is 6.16. The number of benzene rings is 1. The molecule has 2 atom stereocenters. The molecule has 0 aliphatic rings. The van der Waals surface area contributed by atoms with Gasteiger partial charge in [0.05, 0.1) is 14.2 Å². The van der Waals surface area contributed by atoms with Crippen molar-refractivity contribution in [1.82, 2.24) is 10.6 Å². The molecule has 0 fully saturated rings. The van der Waals surface area contributed by atoms with E-state index in [1.54, 1.807) is 14.2 Å². The summed E-state index contributed by atoms with van der Waals surface area (Å²) < 4.78 is 10.5. The van der Waals surface area contributed by atoms with Gasteiger partial charge in [-0.15, -0.1) is 0 Å². The van der Waals surface area contributed by atoms with Gasteiger partial charge in [-0.2, -0.15) is 0 Å². The van der Waals surface area contributed by atoms with E-state index in [4.69, 9.17) is 15.2 Å². The lowest BCUT2D eigenvalue weighted by Gasteiger charge is -2.22. The average molecular weight is 337 g/mol. The van der Waals surface area contributed by atoms with Gasteiger partial charge in [-0.1, -0.05) is 26.3 Å². The summed E-state index contributed by atoms with van der Waals surface area (Å²) in [6.45, 7) is 4.30. The van der Waals surface area contributed by atoms with Crippen molar-refractivity contribution in [3.8, 4) is 11.5 Å². The zero-order chi connectivity index (χ0) is 18.1. The van der Waals surface area contributed by atoms with Crippen LogP contribution in [0.5, 0.6) is 11.5 Å². The molecule has 0 aliphatic heterocycles. The minimum atomic E-state index is -0.699. The Bertz CT molecular complexity index is 563. The smallest absolute Gasteiger partial charge is 0.312 e. The van der Waals surface area contributed by atoms with Gasteiger partial charge in [-0.25, -0.2) is 4.79 Å². The topological polar surface area (TPSA) is 103 Å². The second-order valence-electron chi connectivity index (χ2n) is 5.60. The number of urea groups is 1. The first-order valence-corrected chi connectivity index (χ1v) is 7.97. The Morgan fingerprint density at radius 2 is 1.88 bits per heavy atom. The Labute approximate surface area is 142 Å². The van der Waals surface area contributed by atoms with Crippen LogP contribution in [0.3, 0.4) is 0 Å². The van der Waals surface area contributed by atoms with Crippen LogP contribution in [-0.2, 0) is 11.2 Å². The van der Waals surface area contributed by atoms with E-state index in [0.717, 1.165) is 12.0 Å². The number of nitrogens with two attached hydrogens (primary N) is 1. The van der Waals surface area contributed by atoms with Crippen molar-refractivity contribution < 1.29 is 19.1 Å². The van der Waals surface area contributed by atoms with E-state index in [0.29, 0.717) is 24.5 Å². The van der Waals surface area contributed by atoms with Gasteiger partial charge < -0.3 is 25.8 Å². The minimum Gasteiger partial charge on any atom is -0.493 e. The molecule has 7 nitrogen and oxygen atoms in total. The molecule has 3 amide bonds. The van der Waals surface area contributed by atoms with Gasteiger partial charge in [0.1, 0.15) is 6.04 Å². The van der Waals surface area contributed by atoms with Crippen LogP contribution < -0.4 is 25.8 Å². The van der Waals surface area contributed by atoms with Gasteiger partial charge in [0, 0.05) is 6.54 Å². The molecule has 0 radical (unpaired) electrons. The first-order valence-electron chi connectivity index (χ1n) is 7.97. The third kappa shape index (κ3) is 5.64. The minimum absolute atomic E-state index is 0.00131. The van der Waals surface area contributed by atoms with Gasteiger partial charge in [-0.05, 0) is 30.0 Å². The van der Waals surface area contributed by atoms with Gasteiger partial charge in [-0.3, -0.25) is 4.79 Å². The predicted octanol–water partition coefficient (Wildman–Crippen LogP) is 1.45. The van der Waals surface area contributed by atoms with Crippen molar-refractivity contribution >= 4 is 11.9 Å². The summed E-state index contributed by atoms with van der Waals surface area (Å²) in [6, 6.07) is 4.29. The highest BCUT2D eigenvalue weighted by molar-refractivity contribution is 5.86. The first kappa shape index (κ1) is 19.6. The van der Waals surface area contributed by atoms with Crippen LogP contribution in [0.2, 0.25) is 0 Å².